The lowest BCUT2D eigenvalue weighted by Crippen LogP contribution is -2.41. The molecule has 2 heterocycles. The molecule has 0 aliphatic carbocycles. The maximum absolute atomic E-state index is 11.7. The van der Waals surface area contributed by atoms with Crippen LogP contribution in [-0.4, -0.2) is 47.5 Å². The van der Waals surface area contributed by atoms with Gasteiger partial charge in [0.15, 0.2) is 5.82 Å². The van der Waals surface area contributed by atoms with Gasteiger partial charge in [-0.3, -0.25) is 4.79 Å². The average Bonchev–Trinajstić information content (AvgIpc) is 2.46. The van der Waals surface area contributed by atoms with Crippen molar-refractivity contribution in [2.24, 2.45) is 5.92 Å². The molecular weight excluding hydrogens is 232 g/mol. The number of carbonyl (C=O) groups excluding carboxylic acids is 1. The van der Waals surface area contributed by atoms with Crippen LogP contribution in [0.3, 0.4) is 0 Å². The summed E-state index contributed by atoms with van der Waals surface area (Å²) in [5, 5.41) is 19.3. The third-order valence-electron chi connectivity index (χ3n) is 3.16. The first-order chi connectivity index (χ1) is 8.81. The Bertz CT molecular complexity index is 377. The summed E-state index contributed by atoms with van der Waals surface area (Å²) in [6.07, 6.45) is 3.28. The quantitative estimate of drug-likeness (QED) is 0.774. The molecule has 1 amide bonds. The van der Waals surface area contributed by atoms with Crippen LogP contribution in [0.4, 0.5) is 5.82 Å². The smallest absolute Gasteiger partial charge is 0.223 e. The summed E-state index contributed by atoms with van der Waals surface area (Å²) >= 11 is 0. The molecule has 18 heavy (non-hydrogen) atoms. The lowest BCUT2D eigenvalue weighted by molar-refractivity contribution is -0.125. The number of anilines is 1. The highest BCUT2D eigenvalue weighted by molar-refractivity contribution is 5.78. The van der Waals surface area contributed by atoms with Gasteiger partial charge >= 0.3 is 0 Å². The maximum Gasteiger partial charge on any atom is 0.223 e. The normalized spacial score (nSPS) is 16.6. The van der Waals surface area contributed by atoms with Gasteiger partial charge in [0, 0.05) is 31.7 Å². The number of nitrogens with zero attached hydrogens (tertiary/aromatic N) is 3. The number of aromatic nitrogens is 2. The molecule has 98 valence electrons. The third-order valence-corrected chi connectivity index (χ3v) is 3.16. The predicted molar refractivity (Wildman–Crippen MR) is 67.1 cm³/mol. The number of hydrogen-bond donors (Lipinski definition) is 2. The van der Waals surface area contributed by atoms with Crippen molar-refractivity contribution < 1.29 is 9.90 Å². The van der Waals surface area contributed by atoms with Crippen molar-refractivity contribution >= 4 is 11.7 Å². The van der Waals surface area contributed by atoms with Crippen LogP contribution in [0.15, 0.2) is 18.3 Å². The number of rotatable bonds is 4. The predicted octanol–water partition coefficient (Wildman–Crippen LogP) is -0.199. The molecule has 0 radical (unpaired) electrons. The van der Waals surface area contributed by atoms with Crippen molar-refractivity contribution in [2.45, 2.75) is 12.8 Å². The Kier molecular flexibility index (Phi) is 4.46. The number of carbonyl (C=O) groups is 1. The number of aliphatic hydroxyl groups is 1. The van der Waals surface area contributed by atoms with E-state index in [1.165, 1.54) is 0 Å². The largest absolute Gasteiger partial charge is 0.395 e. The number of piperidine rings is 1. The molecule has 6 nitrogen and oxygen atoms in total. The van der Waals surface area contributed by atoms with E-state index < -0.39 is 0 Å². The van der Waals surface area contributed by atoms with Crippen molar-refractivity contribution in [3.8, 4) is 0 Å². The van der Waals surface area contributed by atoms with Crippen LogP contribution in [0.5, 0.6) is 0 Å². The number of aliphatic hydroxyl groups excluding tert-OH is 1. The van der Waals surface area contributed by atoms with Crippen LogP contribution >= 0.6 is 0 Å². The second-order valence-corrected chi connectivity index (χ2v) is 4.36. The highest BCUT2D eigenvalue weighted by Crippen LogP contribution is 2.21. The minimum absolute atomic E-state index is 0.00973. The zero-order chi connectivity index (χ0) is 12.8. The van der Waals surface area contributed by atoms with Gasteiger partial charge in [-0.15, -0.1) is 5.10 Å². The molecule has 0 spiro atoms. The SMILES string of the molecule is O=C(NCCO)C1CCN(c2cccnn2)CC1. The fraction of sp³-hybridized carbons (Fsp3) is 0.583. The molecule has 2 rings (SSSR count). The van der Waals surface area contributed by atoms with Gasteiger partial charge in [-0.1, -0.05) is 0 Å². The minimum Gasteiger partial charge on any atom is -0.395 e. The van der Waals surface area contributed by atoms with Crippen LogP contribution < -0.4 is 10.2 Å². The standard InChI is InChI=1S/C12H18N4O2/c17-9-6-13-12(18)10-3-7-16(8-4-10)11-2-1-5-14-15-11/h1-2,5,10,17H,3-4,6-9H2,(H,13,18). The molecule has 2 N–H and O–H groups in total. The van der Waals surface area contributed by atoms with E-state index in [0.29, 0.717) is 6.54 Å². The molecule has 0 unspecified atom stereocenters. The lowest BCUT2D eigenvalue weighted by atomic mass is 9.96. The number of nitrogens with one attached hydrogen (secondary N) is 1. The molecule has 1 aliphatic rings. The second-order valence-electron chi connectivity index (χ2n) is 4.36. The van der Waals surface area contributed by atoms with Crippen LogP contribution in [0.2, 0.25) is 0 Å². The van der Waals surface area contributed by atoms with Crippen LogP contribution in [0, 0.1) is 5.92 Å². The van der Waals surface area contributed by atoms with E-state index in [0.717, 1.165) is 31.7 Å². The topological polar surface area (TPSA) is 78.4 Å². The summed E-state index contributed by atoms with van der Waals surface area (Å²) in [6.45, 7) is 1.96. The first-order valence-electron chi connectivity index (χ1n) is 6.22. The van der Waals surface area contributed by atoms with Crippen molar-refractivity contribution in [1.29, 1.82) is 0 Å². The molecule has 1 aromatic heterocycles. The van der Waals surface area contributed by atoms with Crippen molar-refractivity contribution in [2.75, 3.05) is 31.1 Å². The summed E-state index contributed by atoms with van der Waals surface area (Å²) in [4.78, 5) is 13.9. The highest BCUT2D eigenvalue weighted by atomic mass is 16.3. The summed E-state index contributed by atoms with van der Waals surface area (Å²) in [7, 11) is 0. The minimum atomic E-state index is -0.00973. The zero-order valence-corrected chi connectivity index (χ0v) is 10.2. The van der Waals surface area contributed by atoms with Crippen LogP contribution in [0.1, 0.15) is 12.8 Å². The van der Waals surface area contributed by atoms with Crippen LogP contribution in [0.25, 0.3) is 0 Å². The molecule has 0 atom stereocenters. The zero-order valence-electron chi connectivity index (χ0n) is 10.2. The summed E-state index contributed by atoms with van der Waals surface area (Å²) in [5.74, 6) is 0.957. The molecule has 0 saturated carbocycles. The van der Waals surface area contributed by atoms with E-state index in [2.05, 4.69) is 20.4 Å². The maximum atomic E-state index is 11.7. The van der Waals surface area contributed by atoms with Gasteiger partial charge < -0.3 is 15.3 Å². The fourth-order valence-electron chi connectivity index (χ4n) is 2.16. The molecule has 1 saturated heterocycles. The third kappa shape index (κ3) is 3.16. The Morgan fingerprint density at radius 1 is 1.50 bits per heavy atom. The van der Waals surface area contributed by atoms with Gasteiger partial charge in [0.2, 0.25) is 5.91 Å². The van der Waals surface area contributed by atoms with Gasteiger partial charge in [0.25, 0.3) is 0 Å². The first kappa shape index (κ1) is 12.8. The van der Waals surface area contributed by atoms with Crippen molar-refractivity contribution in [3.63, 3.8) is 0 Å². The van der Waals surface area contributed by atoms with E-state index in [-0.39, 0.29) is 18.4 Å². The lowest BCUT2D eigenvalue weighted by Gasteiger charge is -2.31. The molecule has 1 fully saturated rings. The van der Waals surface area contributed by atoms with Gasteiger partial charge in [-0.05, 0) is 25.0 Å². The number of amides is 1. The summed E-state index contributed by atoms with van der Waals surface area (Å²) in [6, 6.07) is 3.79. The average molecular weight is 250 g/mol. The Morgan fingerprint density at radius 3 is 2.89 bits per heavy atom. The van der Waals surface area contributed by atoms with Crippen molar-refractivity contribution in [3.05, 3.63) is 18.3 Å². The van der Waals surface area contributed by atoms with E-state index >= 15 is 0 Å². The summed E-state index contributed by atoms with van der Waals surface area (Å²) < 4.78 is 0. The van der Waals surface area contributed by atoms with E-state index in [9.17, 15) is 4.79 Å². The molecule has 1 aliphatic heterocycles. The van der Waals surface area contributed by atoms with Gasteiger partial charge in [-0.2, -0.15) is 5.10 Å². The van der Waals surface area contributed by atoms with E-state index in [4.69, 9.17) is 5.11 Å². The molecule has 1 aromatic rings. The Labute approximate surface area is 106 Å². The second kappa shape index (κ2) is 6.30. The van der Waals surface area contributed by atoms with Crippen LogP contribution in [-0.2, 0) is 4.79 Å². The summed E-state index contributed by atoms with van der Waals surface area (Å²) in [5.41, 5.74) is 0. The van der Waals surface area contributed by atoms with Gasteiger partial charge in [-0.25, -0.2) is 0 Å². The Morgan fingerprint density at radius 2 is 2.28 bits per heavy atom. The number of hydrogen-bond acceptors (Lipinski definition) is 5. The Hall–Kier alpha value is -1.69. The first-order valence-corrected chi connectivity index (χ1v) is 6.22. The molecule has 6 heteroatoms. The highest BCUT2D eigenvalue weighted by Gasteiger charge is 2.25. The Balaban J connectivity index is 1.83. The molecular formula is C12H18N4O2. The molecule has 0 aromatic carbocycles. The van der Waals surface area contributed by atoms with E-state index in [1.54, 1.807) is 6.20 Å². The van der Waals surface area contributed by atoms with Crippen molar-refractivity contribution in [1.82, 2.24) is 15.5 Å². The van der Waals surface area contributed by atoms with Gasteiger partial charge in [0.1, 0.15) is 0 Å². The monoisotopic (exact) mass is 250 g/mol. The van der Waals surface area contributed by atoms with Gasteiger partial charge in [0.05, 0.1) is 6.61 Å². The molecule has 0 bridgehead atoms. The van der Waals surface area contributed by atoms with E-state index in [1.807, 2.05) is 12.1 Å². The fourth-order valence-corrected chi connectivity index (χ4v) is 2.16.